The van der Waals surface area contributed by atoms with E-state index in [4.69, 9.17) is 5.73 Å². The Kier molecular flexibility index (Phi) is 2.92. The molecule has 1 rings (SSSR count). The topological polar surface area (TPSA) is 80.5 Å². The van der Waals surface area contributed by atoms with Crippen LogP contribution in [0.5, 0.6) is 0 Å². The Labute approximate surface area is 77.9 Å². The molecule has 1 amide bonds. The summed E-state index contributed by atoms with van der Waals surface area (Å²) in [5, 5.41) is 0. The van der Waals surface area contributed by atoms with Crippen molar-refractivity contribution in [1.29, 1.82) is 0 Å². The second kappa shape index (κ2) is 3.63. The van der Waals surface area contributed by atoms with Crippen molar-refractivity contribution in [2.24, 2.45) is 5.73 Å². The van der Waals surface area contributed by atoms with Crippen LogP contribution in [0.2, 0.25) is 0 Å². The summed E-state index contributed by atoms with van der Waals surface area (Å²) in [6.45, 7) is 2.01. The number of nitrogens with two attached hydrogens (primary N) is 1. The zero-order valence-electron chi connectivity index (χ0n) is 7.56. The summed E-state index contributed by atoms with van der Waals surface area (Å²) in [5.41, 5.74) is 5.47. The van der Waals surface area contributed by atoms with Crippen LogP contribution in [0.4, 0.5) is 0 Å². The van der Waals surface area contributed by atoms with Crippen LogP contribution in [0.15, 0.2) is 0 Å². The van der Waals surface area contributed by atoms with Crippen LogP contribution in [0.3, 0.4) is 0 Å². The maximum atomic E-state index is 11.2. The normalized spacial score (nSPS) is 23.5. The van der Waals surface area contributed by atoms with Crippen molar-refractivity contribution in [2.75, 3.05) is 12.3 Å². The Balaban J connectivity index is 2.62. The average molecular weight is 206 g/mol. The van der Waals surface area contributed by atoms with Gasteiger partial charge in [-0.3, -0.25) is 4.79 Å². The maximum absolute atomic E-state index is 11.2. The Hall–Kier alpha value is -0.620. The molecule has 1 fully saturated rings. The highest BCUT2D eigenvalue weighted by Crippen LogP contribution is 2.15. The van der Waals surface area contributed by atoms with E-state index in [0.29, 0.717) is 6.42 Å². The highest BCUT2D eigenvalue weighted by Gasteiger charge is 2.34. The molecule has 6 heteroatoms. The van der Waals surface area contributed by atoms with E-state index in [9.17, 15) is 13.2 Å². The molecule has 1 atom stereocenters. The Bertz CT molecular complexity index is 297. The van der Waals surface area contributed by atoms with Crippen LogP contribution in [0.25, 0.3) is 0 Å². The third-order valence-corrected chi connectivity index (χ3v) is 3.75. The van der Waals surface area contributed by atoms with Gasteiger partial charge in [0, 0.05) is 19.0 Å². The third kappa shape index (κ3) is 2.41. The molecule has 5 nitrogen and oxygen atoms in total. The average Bonchev–Trinajstić information content (AvgIpc) is 2.23. The van der Waals surface area contributed by atoms with Gasteiger partial charge in [-0.25, -0.2) is 12.7 Å². The zero-order valence-corrected chi connectivity index (χ0v) is 8.38. The number of nitrogens with zero attached hydrogens (tertiary/aromatic N) is 1. The van der Waals surface area contributed by atoms with Gasteiger partial charge in [0.05, 0.1) is 5.75 Å². The van der Waals surface area contributed by atoms with E-state index in [1.54, 1.807) is 6.92 Å². The number of hydrogen-bond acceptors (Lipinski definition) is 4. The Morgan fingerprint density at radius 2 is 2.23 bits per heavy atom. The van der Waals surface area contributed by atoms with Crippen molar-refractivity contribution in [1.82, 2.24) is 4.31 Å². The lowest BCUT2D eigenvalue weighted by atomic mass is 10.2. The number of carbonyl (C=O) groups is 1. The van der Waals surface area contributed by atoms with Gasteiger partial charge in [0.2, 0.25) is 15.9 Å². The molecule has 76 valence electrons. The summed E-state index contributed by atoms with van der Waals surface area (Å²) in [6.07, 6.45) is 0.631. The molecular weight excluding hydrogens is 192 g/mol. The molecule has 0 saturated carbocycles. The van der Waals surface area contributed by atoms with Gasteiger partial charge >= 0.3 is 0 Å². The highest BCUT2D eigenvalue weighted by atomic mass is 32.2. The van der Waals surface area contributed by atoms with E-state index in [0.717, 1.165) is 4.31 Å². The first-order chi connectivity index (χ1) is 5.93. The monoisotopic (exact) mass is 206 g/mol. The number of amides is 1. The van der Waals surface area contributed by atoms with Crippen LogP contribution in [0, 0.1) is 0 Å². The molecule has 1 aliphatic rings. The summed E-state index contributed by atoms with van der Waals surface area (Å²) in [7, 11) is -3.30. The molecule has 1 aliphatic heterocycles. The molecule has 0 aromatic heterocycles. The molecule has 0 aromatic rings. The minimum absolute atomic E-state index is 0.0508. The SMILES string of the molecule is CC(N)CCN1C(=O)CCS1(=O)=O. The number of carbonyl (C=O) groups excluding carboxylic acids is 1. The van der Waals surface area contributed by atoms with Gasteiger partial charge in [-0.2, -0.15) is 0 Å². The number of rotatable bonds is 3. The molecule has 1 heterocycles. The zero-order chi connectivity index (χ0) is 10.1. The predicted octanol–water partition coefficient (Wildman–Crippen LogP) is -0.714. The second-order valence-electron chi connectivity index (χ2n) is 3.30. The van der Waals surface area contributed by atoms with Gasteiger partial charge in [0.25, 0.3) is 0 Å². The summed E-state index contributed by atoms with van der Waals surface area (Å²) >= 11 is 0. The number of sulfonamides is 1. The van der Waals surface area contributed by atoms with E-state index >= 15 is 0 Å². The molecule has 0 bridgehead atoms. The van der Waals surface area contributed by atoms with Crippen LogP contribution in [0.1, 0.15) is 19.8 Å². The van der Waals surface area contributed by atoms with Gasteiger partial charge in [0.15, 0.2) is 0 Å². The van der Waals surface area contributed by atoms with Crippen molar-refractivity contribution >= 4 is 15.9 Å². The third-order valence-electron chi connectivity index (χ3n) is 1.98. The smallest absolute Gasteiger partial charge is 0.237 e. The molecule has 0 aliphatic carbocycles. The lowest BCUT2D eigenvalue weighted by molar-refractivity contribution is -0.125. The van der Waals surface area contributed by atoms with Crippen LogP contribution in [-0.2, 0) is 14.8 Å². The maximum Gasteiger partial charge on any atom is 0.237 e. The molecule has 2 N–H and O–H groups in total. The van der Waals surface area contributed by atoms with E-state index < -0.39 is 10.0 Å². The molecule has 13 heavy (non-hydrogen) atoms. The van der Waals surface area contributed by atoms with Crippen molar-refractivity contribution in [3.8, 4) is 0 Å². The van der Waals surface area contributed by atoms with Gasteiger partial charge in [0.1, 0.15) is 0 Å². The number of hydrogen-bond donors (Lipinski definition) is 1. The van der Waals surface area contributed by atoms with E-state index in [1.807, 2.05) is 0 Å². The van der Waals surface area contributed by atoms with Gasteiger partial charge < -0.3 is 5.73 Å². The van der Waals surface area contributed by atoms with Crippen molar-refractivity contribution in [3.63, 3.8) is 0 Å². The van der Waals surface area contributed by atoms with Gasteiger partial charge in [-0.15, -0.1) is 0 Å². The van der Waals surface area contributed by atoms with E-state index in [1.165, 1.54) is 0 Å². The molecule has 0 radical (unpaired) electrons. The van der Waals surface area contributed by atoms with Crippen molar-refractivity contribution in [3.05, 3.63) is 0 Å². The Morgan fingerprint density at radius 3 is 2.62 bits per heavy atom. The second-order valence-corrected chi connectivity index (χ2v) is 5.31. The van der Waals surface area contributed by atoms with Crippen LogP contribution >= 0.6 is 0 Å². The quantitative estimate of drug-likeness (QED) is 0.661. The summed E-state index contributed by atoms with van der Waals surface area (Å²) in [5.74, 6) is -0.356. The largest absolute Gasteiger partial charge is 0.328 e. The molecule has 0 spiro atoms. The molecular formula is C7H14N2O3S. The first-order valence-electron chi connectivity index (χ1n) is 4.22. The van der Waals surface area contributed by atoms with Crippen LogP contribution < -0.4 is 5.73 Å². The fourth-order valence-corrected chi connectivity index (χ4v) is 2.63. The predicted molar refractivity (Wildman–Crippen MR) is 48.4 cm³/mol. The summed E-state index contributed by atoms with van der Waals surface area (Å²) in [4.78, 5) is 11.1. The van der Waals surface area contributed by atoms with E-state index in [2.05, 4.69) is 0 Å². The molecule has 1 unspecified atom stereocenters. The fourth-order valence-electron chi connectivity index (χ4n) is 1.19. The van der Waals surface area contributed by atoms with Crippen LogP contribution in [-0.4, -0.2) is 37.0 Å². The molecule has 1 saturated heterocycles. The van der Waals surface area contributed by atoms with Crippen molar-refractivity contribution in [2.45, 2.75) is 25.8 Å². The highest BCUT2D eigenvalue weighted by molar-refractivity contribution is 7.90. The first kappa shape index (κ1) is 10.5. The standard InChI is InChI=1S/C7H14N2O3S/c1-6(8)2-4-9-7(10)3-5-13(9,11)12/h6H,2-5,8H2,1H3. The van der Waals surface area contributed by atoms with Crippen molar-refractivity contribution < 1.29 is 13.2 Å². The summed E-state index contributed by atoms with van der Waals surface area (Å²) < 4.78 is 23.4. The minimum Gasteiger partial charge on any atom is -0.328 e. The van der Waals surface area contributed by atoms with Gasteiger partial charge in [-0.1, -0.05) is 0 Å². The molecule has 0 aromatic carbocycles. The minimum atomic E-state index is -3.30. The lowest BCUT2D eigenvalue weighted by Crippen LogP contribution is -2.33. The fraction of sp³-hybridized carbons (Fsp3) is 0.857. The van der Waals surface area contributed by atoms with Gasteiger partial charge in [-0.05, 0) is 13.3 Å². The summed E-state index contributed by atoms with van der Waals surface area (Å²) in [6, 6.07) is -0.0800. The lowest BCUT2D eigenvalue weighted by Gasteiger charge is -2.15. The first-order valence-corrected chi connectivity index (χ1v) is 5.83. The van der Waals surface area contributed by atoms with E-state index in [-0.39, 0.29) is 30.7 Å². The Morgan fingerprint density at radius 1 is 1.62 bits per heavy atom.